The molecule has 1 unspecified atom stereocenters. The van der Waals surface area contributed by atoms with Gasteiger partial charge in [0.05, 0.1) is 5.54 Å². The Labute approximate surface area is 132 Å². The van der Waals surface area contributed by atoms with Crippen LogP contribution in [0, 0.1) is 6.92 Å². The number of anilines is 1. The fourth-order valence-corrected chi connectivity index (χ4v) is 2.67. The summed E-state index contributed by atoms with van der Waals surface area (Å²) in [4.78, 5) is 0. The third-order valence-corrected chi connectivity index (χ3v) is 4.44. The van der Waals surface area contributed by atoms with Crippen molar-refractivity contribution in [3.63, 3.8) is 0 Å². The second-order valence-electron chi connectivity index (χ2n) is 5.59. The molecule has 0 aliphatic heterocycles. The van der Waals surface area contributed by atoms with Crippen LogP contribution in [0.25, 0.3) is 0 Å². The van der Waals surface area contributed by atoms with E-state index in [4.69, 9.17) is 17.3 Å². The van der Waals surface area contributed by atoms with Crippen LogP contribution >= 0.6 is 11.6 Å². The summed E-state index contributed by atoms with van der Waals surface area (Å²) in [7, 11) is 0. The highest BCUT2D eigenvalue weighted by Crippen LogP contribution is 2.26. The van der Waals surface area contributed by atoms with E-state index in [1.807, 2.05) is 25.1 Å². The van der Waals surface area contributed by atoms with Gasteiger partial charge in [0.2, 0.25) is 0 Å². The van der Waals surface area contributed by atoms with Crippen molar-refractivity contribution in [2.45, 2.75) is 32.2 Å². The number of aryl methyl sites for hydroxylation is 1. The largest absolute Gasteiger partial charge is 0.378 e. The molecule has 21 heavy (non-hydrogen) atoms. The van der Waals surface area contributed by atoms with Gasteiger partial charge in [0, 0.05) is 17.3 Å². The van der Waals surface area contributed by atoms with Gasteiger partial charge < -0.3 is 11.1 Å². The van der Waals surface area contributed by atoms with Gasteiger partial charge in [-0.25, -0.2) is 0 Å². The van der Waals surface area contributed by atoms with Crippen molar-refractivity contribution in [3.8, 4) is 0 Å². The number of hydrogen-bond acceptors (Lipinski definition) is 2. The molecule has 3 N–H and O–H groups in total. The first kappa shape index (κ1) is 15.9. The molecule has 0 heterocycles. The van der Waals surface area contributed by atoms with Crippen LogP contribution in [-0.4, -0.2) is 12.1 Å². The van der Waals surface area contributed by atoms with E-state index in [1.54, 1.807) is 0 Å². The molecule has 1 atom stereocenters. The molecule has 0 amide bonds. The Kier molecular flexibility index (Phi) is 5.27. The molecule has 2 rings (SSSR count). The highest BCUT2D eigenvalue weighted by Gasteiger charge is 2.26. The van der Waals surface area contributed by atoms with E-state index in [0.717, 1.165) is 29.1 Å². The normalized spacial score (nSPS) is 13.7. The summed E-state index contributed by atoms with van der Waals surface area (Å²) in [6, 6.07) is 16.5. The summed E-state index contributed by atoms with van der Waals surface area (Å²) in [6.07, 6.45) is 1.84. The Morgan fingerprint density at radius 1 is 1.14 bits per heavy atom. The fraction of sp³-hybridized carbons (Fsp3) is 0.333. The van der Waals surface area contributed by atoms with Crippen LogP contribution in [0.4, 0.5) is 5.69 Å². The molecule has 0 bridgehead atoms. The maximum atomic E-state index is 6.22. The minimum Gasteiger partial charge on any atom is -0.378 e. The average Bonchev–Trinajstić information content (AvgIpc) is 2.51. The number of nitrogens with one attached hydrogen (secondary N) is 1. The van der Waals surface area contributed by atoms with Gasteiger partial charge in [-0.15, -0.1) is 0 Å². The molecule has 0 saturated heterocycles. The predicted octanol–water partition coefficient (Wildman–Crippen LogP) is 4.41. The second-order valence-corrected chi connectivity index (χ2v) is 6.00. The first-order valence-corrected chi connectivity index (χ1v) is 7.75. The lowest BCUT2D eigenvalue weighted by Gasteiger charge is -2.34. The highest BCUT2D eigenvalue weighted by atomic mass is 35.5. The summed E-state index contributed by atoms with van der Waals surface area (Å²) in [5.41, 5.74) is 9.33. The van der Waals surface area contributed by atoms with Crippen LogP contribution in [-0.2, 0) is 6.42 Å². The zero-order valence-corrected chi connectivity index (χ0v) is 13.5. The third kappa shape index (κ3) is 3.99. The third-order valence-electron chi connectivity index (χ3n) is 4.03. The van der Waals surface area contributed by atoms with Crippen molar-refractivity contribution >= 4 is 17.3 Å². The van der Waals surface area contributed by atoms with E-state index in [9.17, 15) is 0 Å². The van der Waals surface area contributed by atoms with Gasteiger partial charge in [0.15, 0.2) is 0 Å². The maximum Gasteiger partial charge on any atom is 0.0533 e. The average molecular weight is 303 g/mol. The Morgan fingerprint density at radius 3 is 2.43 bits per heavy atom. The van der Waals surface area contributed by atoms with Crippen LogP contribution in [0.15, 0.2) is 48.5 Å². The lowest BCUT2D eigenvalue weighted by Crippen LogP contribution is -2.47. The number of benzene rings is 2. The smallest absolute Gasteiger partial charge is 0.0533 e. The molecule has 3 heteroatoms. The zero-order valence-electron chi connectivity index (χ0n) is 12.7. The monoisotopic (exact) mass is 302 g/mol. The van der Waals surface area contributed by atoms with Gasteiger partial charge in [-0.05, 0) is 43.0 Å². The van der Waals surface area contributed by atoms with E-state index < -0.39 is 0 Å². The summed E-state index contributed by atoms with van der Waals surface area (Å²) >= 11 is 6.22. The maximum absolute atomic E-state index is 6.22. The lowest BCUT2D eigenvalue weighted by molar-refractivity contribution is 0.457. The zero-order chi connectivity index (χ0) is 15.3. The topological polar surface area (TPSA) is 38.0 Å². The SMILES string of the molecule is CCC(CN)(Cc1ccccc1)Nc1ccc(C)c(Cl)c1. The molecule has 112 valence electrons. The molecule has 2 aromatic carbocycles. The molecule has 0 aliphatic carbocycles. The predicted molar refractivity (Wildman–Crippen MR) is 92.0 cm³/mol. The lowest BCUT2D eigenvalue weighted by atomic mass is 9.87. The first-order chi connectivity index (χ1) is 10.1. The molecule has 0 spiro atoms. The Morgan fingerprint density at radius 2 is 1.86 bits per heavy atom. The molecule has 2 aromatic rings. The van der Waals surface area contributed by atoms with Crippen molar-refractivity contribution in [3.05, 3.63) is 64.7 Å². The molecule has 0 aliphatic rings. The fourth-order valence-electron chi connectivity index (χ4n) is 2.49. The quantitative estimate of drug-likeness (QED) is 0.829. The van der Waals surface area contributed by atoms with Crippen LogP contribution in [0.2, 0.25) is 5.02 Å². The minimum atomic E-state index is -0.153. The van der Waals surface area contributed by atoms with E-state index in [0.29, 0.717) is 6.54 Å². The second kappa shape index (κ2) is 6.97. The van der Waals surface area contributed by atoms with Crippen LogP contribution < -0.4 is 11.1 Å². The standard InChI is InChI=1S/C18H23ClN2/c1-3-18(13-20,12-15-7-5-4-6-8-15)21-16-10-9-14(2)17(19)11-16/h4-11,21H,3,12-13,20H2,1-2H3. The highest BCUT2D eigenvalue weighted by molar-refractivity contribution is 6.31. The van der Waals surface area contributed by atoms with Gasteiger partial charge in [0.1, 0.15) is 0 Å². The summed E-state index contributed by atoms with van der Waals surface area (Å²) in [5, 5.41) is 4.38. The van der Waals surface area contributed by atoms with E-state index in [1.165, 1.54) is 5.56 Å². The van der Waals surface area contributed by atoms with Crippen molar-refractivity contribution in [2.75, 3.05) is 11.9 Å². The first-order valence-electron chi connectivity index (χ1n) is 7.37. The molecule has 2 nitrogen and oxygen atoms in total. The van der Waals surface area contributed by atoms with Crippen LogP contribution in [0.1, 0.15) is 24.5 Å². The van der Waals surface area contributed by atoms with Crippen molar-refractivity contribution < 1.29 is 0 Å². The number of halogens is 1. The van der Waals surface area contributed by atoms with Crippen LogP contribution in [0.5, 0.6) is 0 Å². The van der Waals surface area contributed by atoms with E-state index in [-0.39, 0.29) is 5.54 Å². The number of rotatable bonds is 6. The van der Waals surface area contributed by atoms with Gasteiger partial charge in [-0.2, -0.15) is 0 Å². The van der Waals surface area contributed by atoms with Crippen LogP contribution in [0.3, 0.4) is 0 Å². The summed E-state index contributed by atoms with van der Waals surface area (Å²) < 4.78 is 0. The van der Waals surface area contributed by atoms with Crippen molar-refractivity contribution in [1.29, 1.82) is 0 Å². The van der Waals surface area contributed by atoms with Crippen molar-refractivity contribution in [1.82, 2.24) is 0 Å². The molecular formula is C18H23ClN2. The van der Waals surface area contributed by atoms with Gasteiger partial charge in [-0.1, -0.05) is 54.9 Å². The van der Waals surface area contributed by atoms with E-state index in [2.05, 4.69) is 42.6 Å². The Balaban J connectivity index is 2.23. The van der Waals surface area contributed by atoms with E-state index >= 15 is 0 Å². The van der Waals surface area contributed by atoms with Gasteiger partial charge in [0.25, 0.3) is 0 Å². The van der Waals surface area contributed by atoms with Crippen molar-refractivity contribution in [2.24, 2.45) is 5.73 Å². The molecule has 0 fully saturated rings. The molecule has 0 aromatic heterocycles. The number of nitrogens with two attached hydrogens (primary N) is 1. The molecule has 0 radical (unpaired) electrons. The molecular weight excluding hydrogens is 280 g/mol. The Bertz CT molecular complexity index is 577. The Hall–Kier alpha value is -1.51. The summed E-state index contributed by atoms with van der Waals surface area (Å²) in [6.45, 7) is 4.74. The summed E-state index contributed by atoms with van der Waals surface area (Å²) in [5.74, 6) is 0. The van der Waals surface area contributed by atoms with Gasteiger partial charge in [-0.3, -0.25) is 0 Å². The minimum absolute atomic E-state index is 0.153. The molecule has 0 saturated carbocycles. The van der Waals surface area contributed by atoms with Gasteiger partial charge >= 0.3 is 0 Å². The number of hydrogen-bond donors (Lipinski definition) is 2.